The highest BCUT2D eigenvalue weighted by atomic mass is 16.5. The molecule has 0 aromatic rings. The highest BCUT2D eigenvalue weighted by Gasteiger charge is 2.18. The SMILES string of the molecule is CCCCCCCC/C=C\CCCCCCCCCCCC(=O)OCCCCCCCCCCCCCC/C=C\CCCCCCCCCCCCCCCCC(=O)NC(CO)C(O)/C=C/CCCCCCCCCCCCCCCCCCCCCCCCC. The van der Waals surface area contributed by atoms with Crippen molar-refractivity contribution in [2.24, 2.45) is 0 Å². The summed E-state index contributed by atoms with van der Waals surface area (Å²) < 4.78 is 5.52. The van der Waals surface area contributed by atoms with E-state index in [0.717, 1.165) is 38.5 Å². The van der Waals surface area contributed by atoms with Crippen LogP contribution in [0.2, 0.25) is 0 Å². The van der Waals surface area contributed by atoms with Crippen molar-refractivity contribution in [3.63, 3.8) is 0 Å². The Hall–Kier alpha value is -1.92. The highest BCUT2D eigenvalue weighted by Crippen LogP contribution is 2.20. The Bertz CT molecular complexity index is 1470. The van der Waals surface area contributed by atoms with Crippen molar-refractivity contribution >= 4 is 11.9 Å². The van der Waals surface area contributed by atoms with E-state index in [1.165, 1.54) is 405 Å². The lowest BCUT2D eigenvalue weighted by Gasteiger charge is -2.20. The normalized spacial score (nSPS) is 12.6. The number of aliphatic hydroxyl groups is 2. The number of carbonyl (C=O) groups is 2. The second kappa shape index (κ2) is 80.5. The summed E-state index contributed by atoms with van der Waals surface area (Å²) in [5.41, 5.74) is 0. The molecule has 6 heteroatoms. The topological polar surface area (TPSA) is 95.9 Å². The zero-order chi connectivity index (χ0) is 65.6. The van der Waals surface area contributed by atoms with Gasteiger partial charge in [-0.25, -0.2) is 0 Å². The van der Waals surface area contributed by atoms with E-state index in [-0.39, 0.29) is 18.5 Å². The molecule has 1 amide bonds. The molecule has 0 saturated carbocycles. The van der Waals surface area contributed by atoms with E-state index in [1.54, 1.807) is 6.08 Å². The quantitative estimate of drug-likeness (QED) is 0.0320. The van der Waals surface area contributed by atoms with E-state index in [2.05, 4.69) is 43.5 Å². The Morgan fingerprint density at radius 1 is 0.297 bits per heavy atom. The summed E-state index contributed by atoms with van der Waals surface area (Å²) in [6.45, 7) is 4.95. The number of hydrogen-bond acceptors (Lipinski definition) is 5. The molecule has 3 N–H and O–H groups in total. The van der Waals surface area contributed by atoms with Crippen molar-refractivity contribution in [2.75, 3.05) is 13.2 Å². The number of aliphatic hydroxyl groups excluding tert-OH is 2. The zero-order valence-electron chi connectivity index (χ0n) is 61.9. The van der Waals surface area contributed by atoms with Crippen molar-refractivity contribution in [3.8, 4) is 0 Å². The minimum atomic E-state index is -0.846. The van der Waals surface area contributed by atoms with Crippen LogP contribution in [0.4, 0.5) is 0 Å². The Labute approximate surface area is 570 Å². The van der Waals surface area contributed by atoms with Crippen LogP contribution in [0.15, 0.2) is 36.5 Å². The van der Waals surface area contributed by atoms with Gasteiger partial charge >= 0.3 is 5.97 Å². The van der Waals surface area contributed by atoms with Crippen molar-refractivity contribution in [1.82, 2.24) is 5.32 Å². The lowest BCUT2D eigenvalue weighted by Crippen LogP contribution is -2.45. The van der Waals surface area contributed by atoms with Crippen molar-refractivity contribution in [3.05, 3.63) is 36.5 Å². The van der Waals surface area contributed by atoms with Gasteiger partial charge in [0.15, 0.2) is 0 Å². The third-order valence-electron chi connectivity index (χ3n) is 19.6. The minimum Gasteiger partial charge on any atom is -0.466 e. The third-order valence-corrected chi connectivity index (χ3v) is 19.6. The summed E-state index contributed by atoms with van der Waals surface area (Å²) in [7, 11) is 0. The van der Waals surface area contributed by atoms with Crippen molar-refractivity contribution in [1.29, 1.82) is 0 Å². The largest absolute Gasteiger partial charge is 0.466 e. The van der Waals surface area contributed by atoms with Crippen LogP contribution in [0.5, 0.6) is 0 Å². The molecule has 0 aliphatic rings. The molecule has 6 nitrogen and oxygen atoms in total. The van der Waals surface area contributed by atoms with E-state index in [4.69, 9.17) is 4.74 Å². The van der Waals surface area contributed by atoms with Gasteiger partial charge in [0.1, 0.15) is 0 Å². The molecular formula is C85H163NO5. The number of unbranched alkanes of at least 4 members (excludes halogenated alkanes) is 64. The maximum atomic E-state index is 12.6. The Balaban J connectivity index is 3.38. The van der Waals surface area contributed by atoms with Crippen LogP contribution in [0.3, 0.4) is 0 Å². The summed E-state index contributed by atoms with van der Waals surface area (Å²) in [6, 6.07) is -0.629. The first-order valence-electron chi connectivity index (χ1n) is 41.8. The number of amides is 1. The molecule has 0 aromatic carbocycles. The molecule has 538 valence electrons. The molecule has 0 rings (SSSR count). The van der Waals surface area contributed by atoms with E-state index in [9.17, 15) is 19.8 Å². The van der Waals surface area contributed by atoms with Gasteiger partial charge in [-0.2, -0.15) is 0 Å². The molecule has 0 bridgehead atoms. The molecule has 0 heterocycles. The van der Waals surface area contributed by atoms with E-state index < -0.39 is 12.1 Å². The van der Waals surface area contributed by atoms with E-state index in [0.29, 0.717) is 19.4 Å². The second-order valence-corrected chi connectivity index (χ2v) is 28.8. The van der Waals surface area contributed by atoms with Crippen molar-refractivity contribution < 1.29 is 24.5 Å². The molecule has 0 fully saturated rings. The molecule has 0 aliphatic heterocycles. The van der Waals surface area contributed by atoms with Gasteiger partial charge in [-0.15, -0.1) is 0 Å². The lowest BCUT2D eigenvalue weighted by atomic mass is 10.0. The van der Waals surface area contributed by atoms with E-state index >= 15 is 0 Å². The van der Waals surface area contributed by atoms with Crippen LogP contribution < -0.4 is 5.32 Å². The number of rotatable bonds is 79. The number of esters is 1. The Kier molecular flexibility index (Phi) is 78.8. The van der Waals surface area contributed by atoms with Gasteiger partial charge in [0.2, 0.25) is 5.91 Å². The maximum absolute atomic E-state index is 12.6. The van der Waals surface area contributed by atoms with Gasteiger partial charge in [-0.3, -0.25) is 9.59 Å². The number of ether oxygens (including phenoxy) is 1. The van der Waals surface area contributed by atoms with Crippen LogP contribution >= 0.6 is 0 Å². The summed E-state index contributed by atoms with van der Waals surface area (Å²) in [6.07, 6.45) is 106. The maximum Gasteiger partial charge on any atom is 0.305 e. The molecule has 0 aliphatic carbocycles. The molecule has 0 spiro atoms. The minimum absolute atomic E-state index is 0.0174. The Morgan fingerprint density at radius 3 is 0.780 bits per heavy atom. The summed E-state index contributed by atoms with van der Waals surface area (Å²) >= 11 is 0. The first kappa shape index (κ1) is 89.1. The van der Waals surface area contributed by atoms with Crippen molar-refractivity contribution in [2.45, 2.75) is 482 Å². The predicted octanol–water partition coefficient (Wildman–Crippen LogP) is 27.8. The van der Waals surface area contributed by atoms with Crippen LogP contribution in [0.1, 0.15) is 470 Å². The molecule has 2 atom stereocenters. The highest BCUT2D eigenvalue weighted by molar-refractivity contribution is 5.76. The molecular weight excluding hydrogens is 1110 g/mol. The summed E-state index contributed by atoms with van der Waals surface area (Å²) in [4.78, 5) is 24.7. The van der Waals surface area contributed by atoms with Crippen LogP contribution in [-0.2, 0) is 14.3 Å². The molecule has 0 saturated heterocycles. The Morgan fingerprint density at radius 2 is 0.516 bits per heavy atom. The third kappa shape index (κ3) is 77.0. The fourth-order valence-corrected chi connectivity index (χ4v) is 13.3. The van der Waals surface area contributed by atoms with Gasteiger partial charge < -0.3 is 20.3 Å². The zero-order valence-corrected chi connectivity index (χ0v) is 61.9. The molecule has 0 radical (unpaired) electrons. The second-order valence-electron chi connectivity index (χ2n) is 28.8. The van der Waals surface area contributed by atoms with E-state index in [1.807, 2.05) is 6.08 Å². The number of allylic oxidation sites excluding steroid dienone is 5. The van der Waals surface area contributed by atoms with Gasteiger partial charge in [0.25, 0.3) is 0 Å². The number of hydrogen-bond donors (Lipinski definition) is 3. The first-order chi connectivity index (χ1) is 45.0. The molecule has 2 unspecified atom stereocenters. The number of nitrogens with one attached hydrogen (secondary N) is 1. The van der Waals surface area contributed by atoms with Gasteiger partial charge in [0, 0.05) is 12.8 Å². The van der Waals surface area contributed by atoms with Crippen LogP contribution in [-0.4, -0.2) is 47.4 Å². The van der Waals surface area contributed by atoms with Gasteiger partial charge in [-0.05, 0) is 83.5 Å². The first-order valence-corrected chi connectivity index (χ1v) is 41.8. The monoisotopic (exact) mass is 1280 g/mol. The van der Waals surface area contributed by atoms with Crippen LogP contribution in [0.25, 0.3) is 0 Å². The van der Waals surface area contributed by atoms with Gasteiger partial charge in [-0.1, -0.05) is 410 Å². The summed E-state index contributed by atoms with van der Waals surface area (Å²) in [5, 5.41) is 23.3. The smallest absolute Gasteiger partial charge is 0.305 e. The van der Waals surface area contributed by atoms with Gasteiger partial charge in [0.05, 0.1) is 25.4 Å². The fourth-order valence-electron chi connectivity index (χ4n) is 13.3. The summed E-state index contributed by atoms with van der Waals surface area (Å²) in [5.74, 6) is -0.0437. The predicted molar refractivity (Wildman–Crippen MR) is 403 cm³/mol. The lowest BCUT2D eigenvalue weighted by molar-refractivity contribution is -0.143. The van der Waals surface area contributed by atoms with Crippen LogP contribution in [0, 0.1) is 0 Å². The average molecular weight is 1280 g/mol. The number of carbonyl (C=O) groups excluding carboxylic acids is 2. The molecule has 91 heavy (non-hydrogen) atoms. The average Bonchev–Trinajstić information content (AvgIpc) is 3.65. The fraction of sp³-hybridized carbons (Fsp3) is 0.906. The molecule has 0 aromatic heterocycles. The standard InChI is InChI=1S/C85H163NO5/c1-3-5-7-9-11-13-15-17-19-21-23-24-25-32-35-38-42-45-49-53-57-61-65-69-73-77-83(88)82(81-87)86-84(89)78-74-70-66-62-58-54-50-46-43-39-36-33-30-28-26-27-29-31-34-37-40-44-48-52-56-60-64-68-72-76-80-91-85(90)79-75-71-67-63-59-55-51-47-41-22-20-18-16-14-12-10-8-6-4-2/h18,20,27,29,73,77,82-83,87-88H,3-17,19,21-26,28,30-72,74-76,78-81H2,1-2H3,(H,86,89)/b20-18-,29-27-,77-73+.